The molecule has 2 N–H and O–H groups in total. The summed E-state index contributed by atoms with van der Waals surface area (Å²) in [7, 11) is 0. The second-order valence-electron chi connectivity index (χ2n) is 4.52. The summed E-state index contributed by atoms with van der Waals surface area (Å²) in [5.41, 5.74) is 5.21. The first-order chi connectivity index (χ1) is 7.70. The van der Waals surface area contributed by atoms with E-state index < -0.39 is 0 Å². The fourth-order valence-electron chi connectivity index (χ4n) is 2.16. The highest BCUT2D eigenvalue weighted by Crippen LogP contribution is 2.21. The molecule has 0 fully saturated rings. The molecular formula is C14H20N2. The van der Waals surface area contributed by atoms with Gasteiger partial charge in [-0.15, -0.1) is 0 Å². The Morgan fingerprint density at radius 2 is 2.00 bits per heavy atom. The zero-order valence-corrected chi connectivity index (χ0v) is 10.4. The maximum atomic E-state index is 3.49. The lowest BCUT2D eigenvalue weighted by molar-refractivity contribution is 0.667. The van der Waals surface area contributed by atoms with E-state index in [2.05, 4.69) is 49.3 Å². The van der Waals surface area contributed by atoms with Crippen molar-refractivity contribution in [1.82, 2.24) is 10.3 Å². The Labute approximate surface area is 97.1 Å². The number of fused-ring (bicyclic) bond motifs is 1. The predicted octanol–water partition coefficient (Wildman–Crippen LogP) is 3.28. The first kappa shape index (κ1) is 11.2. The van der Waals surface area contributed by atoms with Crippen LogP contribution in [0.25, 0.3) is 10.9 Å². The predicted molar refractivity (Wildman–Crippen MR) is 69.8 cm³/mol. The van der Waals surface area contributed by atoms with Crippen LogP contribution in [0.4, 0.5) is 0 Å². The van der Waals surface area contributed by atoms with Gasteiger partial charge in [0.05, 0.1) is 0 Å². The van der Waals surface area contributed by atoms with Crippen molar-refractivity contribution in [3.8, 4) is 0 Å². The fourth-order valence-corrected chi connectivity index (χ4v) is 2.16. The van der Waals surface area contributed by atoms with E-state index in [9.17, 15) is 0 Å². The largest absolute Gasteiger partial charge is 0.357 e. The Bertz CT molecular complexity index is 483. The van der Waals surface area contributed by atoms with Crippen molar-refractivity contribution in [1.29, 1.82) is 0 Å². The molecular weight excluding hydrogens is 196 g/mol. The van der Waals surface area contributed by atoms with Gasteiger partial charge in [0.1, 0.15) is 0 Å². The third-order valence-electron chi connectivity index (χ3n) is 2.87. The smallest absolute Gasteiger partial charge is 0.0486 e. The molecule has 2 aromatic rings. The number of benzene rings is 1. The number of aromatic amines is 1. The van der Waals surface area contributed by atoms with Crippen molar-refractivity contribution in [3.05, 3.63) is 35.0 Å². The molecule has 0 radical (unpaired) electrons. The van der Waals surface area contributed by atoms with Gasteiger partial charge in [-0.25, -0.2) is 0 Å². The van der Waals surface area contributed by atoms with Crippen molar-refractivity contribution >= 4 is 10.9 Å². The van der Waals surface area contributed by atoms with Crippen molar-refractivity contribution in [2.75, 3.05) is 6.54 Å². The van der Waals surface area contributed by atoms with Gasteiger partial charge in [-0.05, 0) is 44.5 Å². The van der Waals surface area contributed by atoms with Gasteiger partial charge in [0.15, 0.2) is 0 Å². The zero-order chi connectivity index (χ0) is 11.5. The van der Waals surface area contributed by atoms with E-state index in [-0.39, 0.29) is 0 Å². The fraction of sp³-hybridized carbons (Fsp3) is 0.429. The molecule has 0 bridgehead atoms. The SMILES string of the molecule is CCCNCc1cc2cc(C)cc(C)c2[nH]1. The minimum Gasteiger partial charge on any atom is -0.357 e. The highest BCUT2D eigenvalue weighted by molar-refractivity contribution is 5.84. The molecule has 2 nitrogen and oxygen atoms in total. The van der Waals surface area contributed by atoms with Crippen LogP contribution in [0.3, 0.4) is 0 Å². The van der Waals surface area contributed by atoms with Crippen LogP contribution in [0.15, 0.2) is 18.2 Å². The minimum absolute atomic E-state index is 0.932. The van der Waals surface area contributed by atoms with Gasteiger partial charge < -0.3 is 10.3 Å². The first-order valence-corrected chi connectivity index (χ1v) is 6.00. The van der Waals surface area contributed by atoms with Crippen molar-refractivity contribution in [2.24, 2.45) is 0 Å². The van der Waals surface area contributed by atoms with Crippen molar-refractivity contribution in [2.45, 2.75) is 33.7 Å². The average molecular weight is 216 g/mol. The third kappa shape index (κ3) is 2.27. The molecule has 0 spiro atoms. The number of aromatic nitrogens is 1. The highest BCUT2D eigenvalue weighted by atomic mass is 14.9. The van der Waals surface area contributed by atoms with E-state index >= 15 is 0 Å². The lowest BCUT2D eigenvalue weighted by Crippen LogP contribution is -2.13. The molecule has 0 saturated carbocycles. The Kier molecular flexibility index (Phi) is 3.30. The first-order valence-electron chi connectivity index (χ1n) is 6.00. The molecule has 0 atom stereocenters. The summed E-state index contributed by atoms with van der Waals surface area (Å²) in [4.78, 5) is 3.49. The van der Waals surface area contributed by atoms with Crippen LogP contribution >= 0.6 is 0 Å². The summed E-state index contributed by atoms with van der Waals surface area (Å²) in [6.45, 7) is 8.50. The molecule has 0 aliphatic carbocycles. The lowest BCUT2D eigenvalue weighted by atomic mass is 10.1. The molecule has 0 aliphatic heterocycles. The van der Waals surface area contributed by atoms with E-state index in [4.69, 9.17) is 0 Å². The monoisotopic (exact) mass is 216 g/mol. The number of hydrogen-bond acceptors (Lipinski definition) is 1. The van der Waals surface area contributed by atoms with Gasteiger partial charge in [0, 0.05) is 23.1 Å². The number of rotatable bonds is 4. The van der Waals surface area contributed by atoms with Crippen LogP contribution in [0.2, 0.25) is 0 Å². The summed E-state index contributed by atoms with van der Waals surface area (Å²) in [5.74, 6) is 0. The summed E-state index contributed by atoms with van der Waals surface area (Å²) in [6, 6.07) is 6.71. The average Bonchev–Trinajstić information content (AvgIpc) is 2.61. The maximum absolute atomic E-state index is 3.49. The molecule has 0 amide bonds. The highest BCUT2D eigenvalue weighted by Gasteiger charge is 2.03. The van der Waals surface area contributed by atoms with Crippen LogP contribution < -0.4 is 5.32 Å². The topological polar surface area (TPSA) is 27.8 Å². The van der Waals surface area contributed by atoms with Gasteiger partial charge >= 0.3 is 0 Å². The van der Waals surface area contributed by atoms with E-state index in [0.29, 0.717) is 0 Å². The quantitative estimate of drug-likeness (QED) is 0.754. The van der Waals surface area contributed by atoms with Crippen LogP contribution in [0.1, 0.15) is 30.2 Å². The van der Waals surface area contributed by atoms with E-state index in [0.717, 1.165) is 13.1 Å². The van der Waals surface area contributed by atoms with Gasteiger partial charge in [-0.1, -0.05) is 18.6 Å². The van der Waals surface area contributed by atoms with Gasteiger partial charge in [0.25, 0.3) is 0 Å². The van der Waals surface area contributed by atoms with Crippen LogP contribution in [-0.4, -0.2) is 11.5 Å². The number of H-pyrrole nitrogens is 1. The number of nitrogens with one attached hydrogen (secondary N) is 2. The molecule has 1 aromatic carbocycles. The number of aryl methyl sites for hydroxylation is 2. The molecule has 0 saturated heterocycles. The van der Waals surface area contributed by atoms with Gasteiger partial charge in [0.2, 0.25) is 0 Å². The summed E-state index contributed by atoms with van der Waals surface area (Å²) < 4.78 is 0. The zero-order valence-electron chi connectivity index (χ0n) is 10.4. The van der Waals surface area contributed by atoms with E-state index in [1.807, 2.05) is 0 Å². The summed E-state index contributed by atoms with van der Waals surface area (Å²) in [5, 5.41) is 4.74. The third-order valence-corrected chi connectivity index (χ3v) is 2.87. The second-order valence-corrected chi connectivity index (χ2v) is 4.52. The molecule has 2 rings (SSSR count). The van der Waals surface area contributed by atoms with Crippen LogP contribution in [-0.2, 0) is 6.54 Å². The minimum atomic E-state index is 0.932. The van der Waals surface area contributed by atoms with Crippen molar-refractivity contribution in [3.63, 3.8) is 0 Å². The molecule has 0 aliphatic rings. The summed E-state index contributed by atoms with van der Waals surface area (Å²) in [6.07, 6.45) is 1.18. The second kappa shape index (κ2) is 4.71. The normalized spacial score (nSPS) is 11.2. The van der Waals surface area contributed by atoms with E-state index in [1.54, 1.807) is 0 Å². The molecule has 2 heteroatoms. The Morgan fingerprint density at radius 3 is 2.75 bits per heavy atom. The van der Waals surface area contributed by atoms with Gasteiger partial charge in [-0.3, -0.25) is 0 Å². The molecule has 16 heavy (non-hydrogen) atoms. The van der Waals surface area contributed by atoms with E-state index in [1.165, 1.54) is 34.1 Å². The van der Waals surface area contributed by atoms with Crippen LogP contribution in [0.5, 0.6) is 0 Å². The Hall–Kier alpha value is -1.28. The number of hydrogen-bond donors (Lipinski definition) is 2. The Morgan fingerprint density at radius 1 is 1.19 bits per heavy atom. The lowest BCUT2D eigenvalue weighted by Gasteiger charge is -1.99. The molecule has 0 unspecified atom stereocenters. The van der Waals surface area contributed by atoms with Crippen LogP contribution in [0, 0.1) is 13.8 Å². The standard InChI is InChI=1S/C14H20N2/c1-4-5-15-9-13-8-12-7-10(2)6-11(3)14(12)16-13/h6-8,15-16H,4-5,9H2,1-3H3. The molecule has 86 valence electrons. The molecule has 1 heterocycles. The maximum Gasteiger partial charge on any atom is 0.0486 e. The molecule has 1 aromatic heterocycles. The van der Waals surface area contributed by atoms with Crippen molar-refractivity contribution < 1.29 is 0 Å². The Balaban J connectivity index is 2.26. The van der Waals surface area contributed by atoms with Gasteiger partial charge in [-0.2, -0.15) is 0 Å². The summed E-state index contributed by atoms with van der Waals surface area (Å²) >= 11 is 0.